The van der Waals surface area contributed by atoms with Crippen molar-refractivity contribution in [3.63, 3.8) is 0 Å². The fourth-order valence-corrected chi connectivity index (χ4v) is 3.34. The Kier molecular flexibility index (Phi) is 6.11. The molecule has 1 fully saturated rings. The van der Waals surface area contributed by atoms with Gasteiger partial charge in [-0.3, -0.25) is 4.79 Å². The Morgan fingerprint density at radius 1 is 1.26 bits per heavy atom. The summed E-state index contributed by atoms with van der Waals surface area (Å²) in [7, 11) is 0. The van der Waals surface area contributed by atoms with Crippen molar-refractivity contribution in [1.82, 2.24) is 20.6 Å². The van der Waals surface area contributed by atoms with Crippen LogP contribution in [0.1, 0.15) is 48.1 Å². The van der Waals surface area contributed by atoms with Crippen molar-refractivity contribution in [2.75, 3.05) is 0 Å². The van der Waals surface area contributed by atoms with E-state index in [0.29, 0.717) is 18.0 Å². The van der Waals surface area contributed by atoms with Crippen molar-refractivity contribution < 1.29 is 9.53 Å². The van der Waals surface area contributed by atoms with Crippen molar-refractivity contribution in [3.05, 3.63) is 57.1 Å². The smallest absolute Gasteiger partial charge is 0.315 e. The molecule has 144 valence electrons. The Morgan fingerprint density at radius 2 is 2.00 bits per heavy atom. The van der Waals surface area contributed by atoms with Crippen LogP contribution in [0.5, 0.6) is 5.88 Å². The molecule has 2 heterocycles. The predicted molar refractivity (Wildman–Crippen MR) is 103 cm³/mol. The van der Waals surface area contributed by atoms with Crippen molar-refractivity contribution >= 4 is 6.03 Å². The van der Waals surface area contributed by atoms with Crippen LogP contribution in [-0.4, -0.2) is 22.1 Å². The molecule has 2 aromatic heterocycles. The molecular weight excluding hydrogens is 344 g/mol. The van der Waals surface area contributed by atoms with Gasteiger partial charge in [0.25, 0.3) is 5.56 Å². The van der Waals surface area contributed by atoms with Crippen LogP contribution in [0.15, 0.2) is 29.2 Å². The molecule has 0 aliphatic heterocycles. The van der Waals surface area contributed by atoms with Crippen LogP contribution in [-0.2, 0) is 13.1 Å². The van der Waals surface area contributed by atoms with Gasteiger partial charge in [-0.05, 0) is 57.2 Å². The molecule has 0 atom stereocenters. The second kappa shape index (κ2) is 8.70. The van der Waals surface area contributed by atoms with E-state index in [0.717, 1.165) is 29.7 Å². The quantitative estimate of drug-likeness (QED) is 0.728. The average molecular weight is 370 g/mol. The number of carbonyl (C=O) groups excluding carboxylic acids is 1. The molecule has 7 nitrogen and oxygen atoms in total. The summed E-state index contributed by atoms with van der Waals surface area (Å²) in [6, 6.07) is 5.27. The summed E-state index contributed by atoms with van der Waals surface area (Å²) < 4.78 is 5.98. The lowest BCUT2D eigenvalue weighted by Crippen LogP contribution is -2.36. The number of nitrogens with zero attached hydrogens (tertiary/aromatic N) is 1. The molecule has 0 aromatic carbocycles. The van der Waals surface area contributed by atoms with Gasteiger partial charge in [0.1, 0.15) is 6.10 Å². The minimum absolute atomic E-state index is 0.172. The summed E-state index contributed by atoms with van der Waals surface area (Å²) >= 11 is 0. The number of aromatic amines is 1. The Hall–Kier alpha value is -2.83. The van der Waals surface area contributed by atoms with Gasteiger partial charge < -0.3 is 20.4 Å². The summed E-state index contributed by atoms with van der Waals surface area (Å²) in [6.07, 6.45) is 6.38. The van der Waals surface area contributed by atoms with Crippen LogP contribution in [0, 0.1) is 13.8 Å². The van der Waals surface area contributed by atoms with Crippen molar-refractivity contribution in [2.24, 2.45) is 0 Å². The molecule has 7 heteroatoms. The van der Waals surface area contributed by atoms with E-state index >= 15 is 0 Å². The average Bonchev–Trinajstić information content (AvgIpc) is 3.13. The fraction of sp³-hybridized carbons (Fsp3) is 0.450. The Morgan fingerprint density at radius 3 is 2.74 bits per heavy atom. The third kappa shape index (κ3) is 5.09. The number of carbonyl (C=O) groups is 1. The number of rotatable bonds is 6. The maximum Gasteiger partial charge on any atom is 0.315 e. The van der Waals surface area contributed by atoms with E-state index in [1.54, 1.807) is 6.20 Å². The molecule has 0 bridgehead atoms. The summed E-state index contributed by atoms with van der Waals surface area (Å²) in [5.41, 5.74) is 2.88. The van der Waals surface area contributed by atoms with Crippen LogP contribution in [0.25, 0.3) is 0 Å². The molecule has 0 radical (unpaired) electrons. The second-order valence-electron chi connectivity index (χ2n) is 6.97. The maximum atomic E-state index is 12.1. The molecular formula is C20H26N4O3. The van der Waals surface area contributed by atoms with Crippen molar-refractivity contribution in [1.29, 1.82) is 0 Å². The van der Waals surface area contributed by atoms with E-state index in [9.17, 15) is 9.59 Å². The lowest BCUT2D eigenvalue weighted by atomic mass is 10.1. The number of amides is 2. The van der Waals surface area contributed by atoms with Gasteiger partial charge in [0.15, 0.2) is 0 Å². The predicted octanol–water partition coefficient (Wildman–Crippen LogP) is 2.71. The standard InChI is InChI=1S/C20H26N4O3/c1-13-10-14(2)24-18(25)17(13)12-23-20(26)22-11-15-6-5-9-21-19(15)27-16-7-3-4-8-16/h5-6,9-10,16H,3-4,7-8,11-12H2,1-2H3,(H,24,25)(H2,22,23,26). The molecule has 2 aromatic rings. The zero-order valence-corrected chi connectivity index (χ0v) is 15.8. The molecule has 0 unspecified atom stereocenters. The van der Waals surface area contributed by atoms with E-state index in [2.05, 4.69) is 20.6 Å². The van der Waals surface area contributed by atoms with Gasteiger partial charge in [-0.15, -0.1) is 0 Å². The molecule has 1 saturated carbocycles. The first kappa shape index (κ1) is 18.9. The van der Waals surface area contributed by atoms with Gasteiger partial charge in [0.2, 0.25) is 5.88 Å². The van der Waals surface area contributed by atoms with E-state index < -0.39 is 0 Å². The van der Waals surface area contributed by atoms with Crippen LogP contribution in [0.2, 0.25) is 0 Å². The molecule has 3 rings (SSSR count). The highest BCUT2D eigenvalue weighted by molar-refractivity contribution is 5.73. The van der Waals surface area contributed by atoms with Gasteiger partial charge in [0.05, 0.1) is 6.54 Å². The number of nitrogens with one attached hydrogen (secondary N) is 3. The summed E-state index contributed by atoms with van der Waals surface area (Å²) in [5.74, 6) is 0.579. The zero-order chi connectivity index (χ0) is 19.2. The highest BCUT2D eigenvalue weighted by Crippen LogP contribution is 2.24. The molecule has 1 aliphatic rings. The number of aryl methyl sites for hydroxylation is 2. The van der Waals surface area contributed by atoms with Gasteiger partial charge in [0, 0.05) is 29.6 Å². The number of ether oxygens (including phenoxy) is 1. The Labute approximate surface area is 158 Å². The molecule has 0 saturated heterocycles. The number of pyridine rings is 2. The Balaban J connectivity index is 1.54. The number of hydrogen-bond acceptors (Lipinski definition) is 4. The normalized spacial score (nSPS) is 14.1. The van der Waals surface area contributed by atoms with Gasteiger partial charge in [-0.2, -0.15) is 0 Å². The van der Waals surface area contributed by atoms with Crippen LogP contribution in [0.3, 0.4) is 0 Å². The second-order valence-corrected chi connectivity index (χ2v) is 6.97. The van der Waals surface area contributed by atoms with E-state index in [-0.39, 0.29) is 24.2 Å². The number of urea groups is 1. The minimum atomic E-state index is -0.343. The van der Waals surface area contributed by atoms with Crippen LogP contribution >= 0.6 is 0 Å². The third-order valence-electron chi connectivity index (χ3n) is 4.79. The highest BCUT2D eigenvalue weighted by Gasteiger charge is 2.18. The molecule has 27 heavy (non-hydrogen) atoms. The van der Waals surface area contributed by atoms with Crippen LogP contribution in [0.4, 0.5) is 4.79 Å². The first-order valence-corrected chi connectivity index (χ1v) is 9.34. The fourth-order valence-electron chi connectivity index (χ4n) is 3.34. The maximum absolute atomic E-state index is 12.1. The number of H-pyrrole nitrogens is 1. The largest absolute Gasteiger partial charge is 0.474 e. The zero-order valence-electron chi connectivity index (χ0n) is 15.8. The van der Waals surface area contributed by atoms with Crippen molar-refractivity contribution in [2.45, 2.75) is 58.7 Å². The lowest BCUT2D eigenvalue weighted by molar-refractivity contribution is 0.198. The van der Waals surface area contributed by atoms with E-state index in [1.165, 1.54) is 12.8 Å². The molecule has 2 amide bonds. The molecule has 0 spiro atoms. The SMILES string of the molecule is Cc1cc(C)c(CNC(=O)NCc2cccnc2OC2CCCC2)c(=O)[nH]1. The lowest BCUT2D eigenvalue weighted by Gasteiger charge is -2.15. The monoisotopic (exact) mass is 370 g/mol. The Bertz CT molecular complexity index is 857. The summed E-state index contributed by atoms with van der Waals surface area (Å²) in [4.78, 5) is 31.2. The number of aromatic nitrogens is 2. The van der Waals surface area contributed by atoms with Gasteiger partial charge >= 0.3 is 6.03 Å². The van der Waals surface area contributed by atoms with Gasteiger partial charge in [-0.1, -0.05) is 6.07 Å². The minimum Gasteiger partial charge on any atom is -0.474 e. The summed E-state index contributed by atoms with van der Waals surface area (Å²) in [5, 5.41) is 5.53. The summed E-state index contributed by atoms with van der Waals surface area (Å²) in [6.45, 7) is 4.17. The molecule has 1 aliphatic carbocycles. The van der Waals surface area contributed by atoms with Gasteiger partial charge in [-0.25, -0.2) is 9.78 Å². The van der Waals surface area contributed by atoms with E-state index in [1.807, 2.05) is 32.0 Å². The first-order valence-electron chi connectivity index (χ1n) is 9.34. The van der Waals surface area contributed by atoms with Crippen molar-refractivity contribution in [3.8, 4) is 5.88 Å². The van der Waals surface area contributed by atoms with Crippen LogP contribution < -0.4 is 20.9 Å². The molecule has 3 N–H and O–H groups in total. The van der Waals surface area contributed by atoms with E-state index in [4.69, 9.17) is 4.74 Å². The highest BCUT2D eigenvalue weighted by atomic mass is 16.5. The number of hydrogen-bond donors (Lipinski definition) is 3. The first-order chi connectivity index (χ1) is 13.0. The third-order valence-corrected chi connectivity index (χ3v) is 4.79. The topological polar surface area (TPSA) is 96.1 Å².